The summed E-state index contributed by atoms with van der Waals surface area (Å²) in [5.41, 5.74) is 0. The second-order valence-electron chi connectivity index (χ2n) is 6.98. The van der Waals surface area contributed by atoms with Crippen molar-refractivity contribution in [3.05, 3.63) is 0 Å². The molecule has 3 heteroatoms. The highest BCUT2D eigenvalue weighted by Crippen LogP contribution is 2.35. The minimum absolute atomic E-state index is 0.719. The Hall–Kier alpha value is -0.120. The Labute approximate surface area is 126 Å². The molecular weight excluding hydrogens is 246 g/mol. The molecule has 3 unspecified atom stereocenters. The first-order chi connectivity index (χ1) is 9.65. The molecule has 0 aromatic heterocycles. The van der Waals surface area contributed by atoms with Gasteiger partial charge in [-0.05, 0) is 59.0 Å². The summed E-state index contributed by atoms with van der Waals surface area (Å²) in [7, 11) is 2.28. The Kier molecular flexibility index (Phi) is 6.31. The van der Waals surface area contributed by atoms with Crippen molar-refractivity contribution < 1.29 is 0 Å². The van der Waals surface area contributed by atoms with Crippen LogP contribution in [0, 0.1) is 0 Å². The summed E-state index contributed by atoms with van der Waals surface area (Å²) in [6.07, 6.45) is 8.14. The number of nitrogens with one attached hydrogen (secondary N) is 1. The molecule has 20 heavy (non-hydrogen) atoms. The standard InChI is InChI=1S/C17H35N3/c1-5-9-18-15-12-16-7-8-17(13-15)20(16)11-10-19(4)14(3)6-2/h14-18H,5-13H2,1-4H3. The van der Waals surface area contributed by atoms with Crippen LogP contribution < -0.4 is 5.32 Å². The minimum Gasteiger partial charge on any atom is -0.314 e. The molecule has 3 nitrogen and oxygen atoms in total. The molecule has 0 spiro atoms. The van der Waals surface area contributed by atoms with Gasteiger partial charge in [0.25, 0.3) is 0 Å². The van der Waals surface area contributed by atoms with Gasteiger partial charge >= 0.3 is 0 Å². The molecule has 2 heterocycles. The molecule has 0 radical (unpaired) electrons. The van der Waals surface area contributed by atoms with Crippen molar-refractivity contribution >= 4 is 0 Å². The molecule has 2 fully saturated rings. The fraction of sp³-hybridized carbons (Fsp3) is 1.00. The molecule has 0 aromatic rings. The summed E-state index contributed by atoms with van der Waals surface area (Å²) in [5.74, 6) is 0. The summed E-state index contributed by atoms with van der Waals surface area (Å²) < 4.78 is 0. The van der Waals surface area contributed by atoms with Crippen LogP contribution in [0.4, 0.5) is 0 Å². The van der Waals surface area contributed by atoms with Gasteiger partial charge in [-0.3, -0.25) is 4.90 Å². The first-order valence-electron chi connectivity index (χ1n) is 8.85. The van der Waals surface area contributed by atoms with E-state index in [-0.39, 0.29) is 0 Å². The van der Waals surface area contributed by atoms with E-state index in [4.69, 9.17) is 0 Å². The van der Waals surface area contributed by atoms with E-state index in [0.717, 1.165) is 24.2 Å². The van der Waals surface area contributed by atoms with Gasteiger partial charge in [0.1, 0.15) is 0 Å². The molecule has 1 N–H and O–H groups in total. The Balaban J connectivity index is 1.77. The Bertz CT molecular complexity index is 267. The molecule has 2 saturated heterocycles. The van der Waals surface area contributed by atoms with Gasteiger partial charge in [0, 0.05) is 37.3 Å². The number of piperidine rings is 1. The van der Waals surface area contributed by atoms with Crippen LogP contribution in [0.2, 0.25) is 0 Å². The quantitative estimate of drug-likeness (QED) is 0.738. The van der Waals surface area contributed by atoms with Crippen LogP contribution in [-0.2, 0) is 0 Å². The SMILES string of the molecule is CCCNC1CC2CCC(C1)N2CCN(C)C(C)CC. The van der Waals surface area contributed by atoms with E-state index >= 15 is 0 Å². The Morgan fingerprint density at radius 1 is 1.20 bits per heavy atom. The molecule has 2 aliphatic rings. The number of likely N-dealkylation sites (N-methyl/N-ethyl adjacent to an activating group) is 1. The number of hydrogen-bond acceptors (Lipinski definition) is 3. The van der Waals surface area contributed by atoms with E-state index in [0.29, 0.717) is 0 Å². The van der Waals surface area contributed by atoms with Crippen LogP contribution in [0.15, 0.2) is 0 Å². The lowest BCUT2D eigenvalue weighted by molar-refractivity contribution is 0.0980. The van der Waals surface area contributed by atoms with E-state index in [1.54, 1.807) is 0 Å². The highest BCUT2D eigenvalue weighted by molar-refractivity contribution is 4.97. The van der Waals surface area contributed by atoms with E-state index in [1.807, 2.05) is 0 Å². The summed E-state index contributed by atoms with van der Waals surface area (Å²) in [4.78, 5) is 5.35. The first-order valence-corrected chi connectivity index (χ1v) is 8.85. The predicted molar refractivity (Wildman–Crippen MR) is 87.2 cm³/mol. The van der Waals surface area contributed by atoms with Crippen LogP contribution in [0.1, 0.15) is 59.3 Å². The van der Waals surface area contributed by atoms with Crippen molar-refractivity contribution in [1.29, 1.82) is 0 Å². The van der Waals surface area contributed by atoms with Crippen molar-refractivity contribution in [3.8, 4) is 0 Å². The normalized spacial score (nSPS) is 31.9. The van der Waals surface area contributed by atoms with E-state index < -0.39 is 0 Å². The van der Waals surface area contributed by atoms with E-state index in [9.17, 15) is 0 Å². The first kappa shape index (κ1) is 16.3. The molecule has 2 rings (SSSR count). The molecule has 0 saturated carbocycles. The lowest BCUT2D eigenvalue weighted by Crippen LogP contribution is -2.51. The lowest BCUT2D eigenvalue weighted by Gasteiger charge is -2.40. The number of fused-ring (bicyclic) bond motifs is 2. The maximum atomic E-state index is 3.75. The van der Waals surface area contributed by atoms with Gasteiger partial charge in [0.2, 0.25) is 0 Å². The fourth-order valence-electron chi connectivity index (χ4n) is 3.96. The molecule has 3 atom stereocenters. The van der Waals surface area contributed by atoms with Crippen LogP contribution in [0.25, 0.3) is 0 Å². The fourth-order valence-corrected chi connectivity index (χ4v) is 3.96. The highest BCUT2D eigenvalue weighted by atomic mass is 15.3. The van der Waals surface area contributed by atoms with Crippen LogP contribution in [0.3, 0.4) is 0 Å². The van der Waals surface area contributed by atoms with Gasteiger partial charge in [0.15, 0.2) is 0 Å². The third-order valence-electron chi connectivity index (χ3n) is 5.62. The molecule has 2 aliphatic heterocycles. The number of hydrogen-bond donors (Lipinski definition) is 1. The van der Waals surface area contributed by atoms with Gasteiger partial charge in [-0.1, -0.05) is 13.8 Å². The summed E-state index contributed by atoms with van der Waals surface area (Å²) in [6.45, 7) is 10.6. The predicted octanol–water partition coefficient (Wildman–Crippen LogP) is 2.71. The molecule has 0 aliphatic carbocycles. The average molecular weight is 281 g/mol. The Morgan fingerprint density at radius 3 is 2.40 bits per heavy atom. The highest BCUT2D eigenvalue weighted by Gasteiger charge is 2.40. The van der Waals surface area contributed by atoms with E-state index in [2.05, 4.69) is 42.9 Å². The van der Waals surface area contributed by atoms with Crippen molar-refractivity contribution in [2.24, 2.45) is 0 Å². The van der Waals surface area contributed by atoms with Crippen molar-refractivity contribution in [3.63, 3.8) is 0 Å². The van der Waals surface area contributed by atoms with Crippen molar-refractivity contribution in [1.82, 2.24) is 15.1 Å². The molecule has 2 bridgehead atoms. The topological polar surface area (TPSA) is 18.5 Å². The third-order valence-corrected chi connectivity index (χ3v) is 5.62. The van der Waals surface area contributed by atoms with Gasteiger partial charge in [-0.2, -0.15) is 0 Å². The van der Waals surface area contributed by atoms with Gasteiger partial charge in [-0.25, -0.2) is 0 Å². The van der Waals surface area contributed by atoms with Gasteiger partial charge in [-0.15, -0.1) is 0 Å². The van der Waals surface area contributed by atoms with E-state index in [1.165, 1.54) is 58.2 Å². The second-order valence-corrected chi connectivity index (χ2v) is 6.98. The molecule has 0 aromatic carbocycles. The van der Waals surface area contributed by atoms with Gasteiger partial charge < -0.3 is 10.2 Å². The lowest BCUT2D eigenvalue weighted by atomic mass is 9.97. The molecular formula is C17H35N3. The minimum atomic E-state index is 0.719. The zero-order valence-corrected chi connectivity index (χ0v) is 14.1. The largest absolute Gasteiger partial charge is 0.314 e. The van der Waals surface area contributed by atoms with Crippen LogP contribution >= 0.6 is 0 Å². The number of nitrogens with zero attached hydrogens (tertiary/aromatic N) is 2. The summed E-state index contributed by atoms with van der Waals surface area (Å²) in [5, 5.41) is 3.75. The van der Waals surface area contributed by atoms with Gasteiger partial charge in [0.05, 0.1) is 0 Å². The monoisotopic (exact) mass is 281 g/mol. The van der Waals surface area contributed by atoms with Crippen molar-refractivity contribution in [2.75, 3.05) is 26.7 Å². The second kappa shape index (κ2) is 7.77. The average Bonchev–Trinajstić information content (AvgIpc) is 2.70. The Morgan fingerprint density at radius 2 is 1.85 bits per heavy atom. The van der Waals surface area contributed by atoms with Crippen molar-refractivity contribution in [2.45, 2.75) is 83.5 Å². The molecule has 0 amide bonds. The summed E-state index contributed by atoms with van der Waals surface area (Å²) in [6, 6.07) is 3.22. The summed E-state index contributed by atoms with van der Waals surface area (Å²) >= 11 is 0. The maximum absolute atomic E-state index is 3.75. The number of rotatable bonds is 8. The zero-order chi connectivity index (χ0) is 14.5. The van der Waals surface area contributed by atoms with Crippen LogP contribution in [-0.4, -0.2) is 60.6 Å². The van der Waals surface area contributed by atoms with Crippen LogP contribution in [0.5, 0.6) is 0 Å². The zero-order valence-electron chi connectivity index (χ0n) is 14.1. The molecule has 118 valence electrons. The third kappa shape index (κ3) is 3.96. The maximum Gasteiger partial charge on any atom is 0.0115 e. The smallest absolute Gasteiger partial charge is 0.0115 e.